The van der Waals surface area contributed by atoms with E-state index in [0.717, 1.165) is 11.5 Å². The lowest BCUT2D eigenvalue weighted by atomic mass is 10.2. The van der Waals surface area contributed by atoms with Crippen LogP contribution in [-0.2, 0) is 4.79 Å². The fourth-order valence-corrected chi connectivity index (χ4v) is 3.38. The Morgan fingerprint density at radius 3 is 2.46 bits per heavy atom. The molecule has 0 unspecified atom stereocenters. The number of aromatic nitrogens is 3. The maximum absolute atomic E-state index is 12.6. The minimum atomic E-state index is -0.418. The molecule has 0 saturated carbocycles. The van der Waals surface area contributed by atoms with Crippen molar-refractivity contribution >= 4 is 23.4 Å². The molecule has 7 heteroatoms. The van der Waals surface area contributed by atoms with Gasteiger partial charge in [-0.25, -0.2) is 9.67 Å². The first-order valence-electron chi connectivity index (χ1n) is 8.98. The predicted octanol–water partition coefficient (Wildman–Crippen LogP) is 4.38. The first-order valence-corrected chi connectivity index (χ1v) is 9.86. The number of amides is 1. The van der Waals surface area contributed by atoms with Crippen molar-refractivity contribution in [2.24, 2.45) is 0 Å². The Labute approximate surface area is 168 Å². The number of hydrogen-bond donors (Lipinski definition) is 1. The third kappa shape index (κ3) is 4.41. The lowest BCUT2D eigenvalue weighted by molar-refractivity contribution is -0.115. The summed E-state index contributed by atoms with van der Waals surface area (Å²) in [5, 5.41) is 16.7. The molecule has 0 saturated heterocycles. The van der Waals surface area contributed by atoms with E-state index in [1.807, 2.05) is 35.0 Å². The van der Waals surface area contributed by atoms with E-state index in [-0.39, 0.29) is 11.8 Å². The minimum absolute atomic E-state index is 0.189. The smallest absolute Gasteiger partial charge is 0.237 e. The van der Waals surface area contributed by atoms with E-state index >= 15 is 0 Å². The summed E-state index contributed by atoms with van der Waals surface area (Å²) < 4.78 is 1.82. The van der Waals surface area contributed by atoms with Crippen molar-refractivity contribution in [2.75, 3.05) is 5.32 Å². The largest absolute Gasteiger partial charge is 0.324 e. The highest BCUT2D eigenvalue weighted by atomic mass is 32.2. The van der Waals surface area contributed by atoms with Crippen LogP contribution in [0, 0.1) is 11.3 Å². The molecule has 3 rings (SSSR count). The van der Waals surface area contributed by atoms with Crippen LogP contribution in [0.25, 0.3) is 5.69 Å². The fraction of sp³-hybridized carbons (Fsp3) is 0.238. The van der Waals surface area contributed by atoms with Crippen LogP contribution < -0.4 is 5.32 Å². The Bertz CT molecular complexity index is 1010. The highest BCUT2D eigenvalue weighted by Crippen LogP contribution is 2.26. The second-order valence-corrected chi connectivity index (χ2v) is 7.87. The molecule has 28 heavy (non-hydrogen) atoms. The summed E-state index contributed by atoms with van der Waals surface area (Å²) in [6, 6.07) is 18.8. The zero-order valence-electron chi connectivity index (χ0n) is 16.0. The zero-order chi connectivity index (χ0) is 20.1. The number of thioether (sulfide) groups is 1. The quantitative estimate of drug-likeness (QED) is 0.630. The van der Waals surface area contributed by atoms with Gasteiger partial charge in [-0.2, -0.15) is 5.26 Å². The number of nitrogens with zero attached hydrogens (tertiary/aromatic N) is 4. The molecule has 3 aromatic rings. The van der Waals surface area contributed by atoms with Crippen LogP contribution in [0.2, 0.25) is 0 Å². The van der Waals surface area contributed by atoms with Crippen LogP contribution in [0.3, 0.4) is 0 Å². The number of nitriles is 1. The maximum atomic E-state index is 12.6. The zero-order valence-corrected chi connectivity index (χ0v) is 16.8. The normalized spacial score (nSPS) is 11.8. The topological polar surface area (TPSA) is 83.6 Å². The third-order valence-corrected chi connectivity index (χ3v) is 5.04. The molecule has 6 nitrogen and oxygen atoms in total. The molecular weight excluding hydrogens is 370 g/mol. The van der Waals surface area contributed by atoms with Crippen LogP contribution in [0.4, 0.5) is 5.69 Å². The van der Waals surface area contributed by atoms with E-state index in [0.29, 0.717) is 16.4 Å². The van der Waals surface area contributed by atoms with Gasteiger partial charge in [-0.05, 0) is 31.2 Å². The van der Waals surface area contributed by atoms with Crippen molar-refractivity contribution in [2.45, 2.75) is 37.1 Å². The lowest BCUT2D eigenvalue weighted by Gasteiger charge is -2.11. The Balaban J connectivity index is 1.78. The van der Waals surface area contributed by atoms with E-state index in [9.17, 15) is 4.79 Å². The van der Waals surface area contributed by atoms with Gasteiger partial charge in [-0.15, -0.1) is 5.10 Å². The number of anilines is 1. The van der Waals surface area contributed by atoms with Crippen molar-refractivity contribution in [3.8, 4) is 11.8 Å². The molecule has 2 aromatic carbocycles. The van der Waals surface area contributed by atoms with Crippen molar-refractivity contribution in [1.29, 1.82) is 5.26 Å². The fourth-order valence-electron chi connectivity index (χ4n) is 2.62. The van der Waals surface area contributed by atoms with Gasteiger partial charge in [0.05, 0.1) is 22.2 Å². The average Bonchev–Trinajstić information content (AvgIpc) is 3.13. The summed E-state index contributed by atoms with van der Waals surface area (Å²) in [5.41, 5.74) is 1.88. The Morgan fingerprint density at radius 1 is 1.11 bits per heavy atom. The molecule has 1 N–H and O–H groups in total. The summed E-state index contributed by atoms with van der Waals surface area (Å²) in [7, 11) is 0. The van der Waals surface area contributed by atoms with Gasteiger partial charge in [0, 0.05) is 5.92 Å². The minimum Gasteiger partial charge on any atom is -0.324 e. The van der Waals surface area contributed by atoms with Crippen LogP contribution in [-0.4, -0.2) is 25.9 Å². The molecule has 0 radical (unpaired) electrons. The van der Waals surface area contributed by atoms with Crippen molar-refractivity contribution in [3.05, 3.63) is 66.0 Å². The summed E-state index contributed by atoms with van der Waals surface area (Å²) in [4.78, 5) is 17.2. The van der Waals surface area contributed by atoms with Crippen molar-refractivity contribution in [1.82, 2.24) is 14.8 Å². The van der Waals surface area contributed by atoms with Gasteiger partial charge in [0.2, 0.25) is 11.1 Å². The number of benzene rings is 2. The number of nitrogens with one attached hydrogen (secondary N) is 1. The molecule has 0 aliphatic rings. The predicted molar refractivity (Wildman–Crippen MR) is 111 cm³/mol. The molecule has 1 aromatic heterocycles. The first-order chi connectivity index (χ1) is 13.5. The monoisotopic (exact) mass is 391 g/mol. The van der Waals surface area contributed by atoms with Crippen molar-refractivity contribution in [3.63, 3.8) is 0 Å². The van der Waals surface area contributed by atoms with Gasteiger partial charge in [-0.3, -0.25) is 4.79 Å². The highest BCUT2D eigenvalue weighted by molar-refractivity contribution is 8.00. The van der Waals surface area contributed by atoms with Gasteiger partial charge in [-0.1, -0.05) is 55.9 Å². The molecule has 0 aliphatic heterocycles. The van der Waals surface area contributed by atoms with Gasteiger partial charge < -0.3 is 5.32 Å². The molecule has 1 amide bonds. The van der Waals surface area contributed by atoms with Gasteiger partial charge in [0.1, 0.15) is 11.9 Å². The maximum Gasteiger partial charge on any atom is 0.237 e. The SMILES string of the molecule is CC(C)c1nc(S[C@@H](C)C(=O)Nc2ccccc2C#N)nn1-c1ccccc1. The summed E-state index contributed by atoms with van der Waals surface area (Å²) in [6.45, 7) is 5.92. The van der Waals surface area contributed by atoms with E-state index in [1.54, 1.807) is 31.2 Å². The second kappa shape index (κ2) is 8.72. The summed E-state index contributed by atoms with van der Waals surface area (Å²) in [6.07, 6.45) is 0. The van der Waals surface area contributed by atoms with Gasteiger partial charge in [0.15, 0.2) is 0 Å². The third-order valence-electron chi connectivity index (χ3n) is 4.09. The van der Waals surface area contributed by atoms with Gasteiger partial charge >= 0.3 is 0 Å². The number of rotatable bonds is 6. The number of para-hydroxylation sites is 2. The summed E-state index contributed by atoms with van der Waals surface area (Å²) >= 11 is 1.29. The van der Waals surface area contributed by atoms with E-state index < -0.39 is 5.25 Å². The molecule has 0 aliphatic carbocycles. The van der Waals surface area contributed by atoms with Crippen LogP contribution >= 0.6 is 11.8 Å². The molecule has 142 valence electrons. The van der Waals surface area contributed by atoms with Gasteiger partial charge in [0.25, 0.3) is 0 Å². The van der Waals surface area contributed by atoms with Crippen LogP contribution in [0.5, 0.6) is 0 Å². The second-order valence-electron chi connectivity index (χ2n) is 6.56. The standard InChI is InChI=1S/C21H21N5OS/c1-14(2)19-24-21(25-26(19)17-10-5-4-6-11-17)28-15(3)20(27)23-18-12-8-7-9-16(18)13-22/h4-12,14-15H,1-3H3,(H,23,27)/t15-/m0/s1. The number of carbonyl (C=O) groups is 1. The van der Waals surface area contributed by atoms with E-state index in [1.165, 1.54) is 11.8 Å². The molecular formula is C21H21N5OS. The highest BCUT2D eigenvalue weighted by Gasteiger charge is 2.21. The Kier molecular flexibility index (Phi) is 6.12. The average molecular weight is 392 g/mol. The Hall–Kier alpha value is -3.11. The lowest BCUT2D eigenvalue weighted by Crippen LogP contribution is -2.23. The van der Waals surface area contributed by atoms with E-state index in [2.05, 4.69) is 35.3 Å². The van der Waals surface area contributed by atoms with Crippen LogP contribution in [0.15, 0.2) is 59.8 Å². The number of carbonyl (C=O) groups excluding carboxylic acids is 1. The Morgan fingerprint density at radius 2 is 1.79 bits per heavy atom. The molecule has 0 fully saturated rings. The molecule has 0 bridgehead atoms. The van der Waals surface area contributed by atoms with Crippen molar-refractivity contribution < 1.29 is 4.79 Å². The molecule has 0 spiro atoms. The molecule has 1 atom stereocenters. The summed E-state index contributed by atoms with van der Waals surface area (Å²) in [5.74, 6) is 0.833. The molecule has 1 heterocycles. The van der Waals surface area contributed by atoms with Crippen LogP contribution in [0.1, 0.15) is 38.1 Å². The number of hydrogen-bond acceptors (Lipinski definition) is 5. The first kappa shape index (κ1) is 19.6. The van der Waals surface area contributed by atoms with E-state index in [4.69, 9.17) is 5.26 Å².